The molecule has 1 N–H and O–H groups in total. The summed E-state index contributed by atoms with van der Waals surface area (Å²) in [4.78, 5) is 16.4. The molecule has 4 nitrogen and oxygen atoms in total. The van der Waals surface area contributed by atoms with Crippen molar-refractivity contribution in [1.82, 2.24) is 10.3 Å². The first-order valence-electron chi connectivity index (χ1n) is 7.24. The summed E-state index contributed by atoms with van der Waals surface area (Å²) in [7, 11) is 0. The molecule has 0 atom stereocenters. The van der Waals surface area contributed by atoms with E-state index in [1.54, 1.807) is 12.1 Å². The fourth-order valence-electron chi connectivity index (χ4n) is 1.67. The van der Waals surface area contributed by atoms with Gasteiger partial charge in [0.2, 0.25) is 0 Å². The lowest BCUT2D eigenvalue weighted by Gasteiger charge is -2.18. The Labute approximate surface area is 132 Å². The lowest BCUT2D eigenvalue weighted by Crippen LogP contribution is -2.28. The third-order valence-electron chi connectivity index (χ3n) is 2.81. The largest absolute Gasteiger partial charge is 0.379 e. The zero-order valence-corrected chi connectivity index (χ0v) is 14.3. The maximum atomic E-state index is 12.1. The molecule has 0 saturated heterocycles. The van der Waals surface area contributed by atoms with Crippen molar-refractivity contribution in [3.8, 4) is 0 Å². The van der Waals surface area contributed by atoms with Crippen LogP contribution in [0.5, 0.6) is 0 Å². The molecule has 0 aliphatic carbocycles. The van der Waals surface area contributed by atoms with Crippen LogP contribution in [0.3, 0.4) is 0 Å². The first-order chi connectivity index (χ1) is 9.70. The van der Waals surface area contributed by atoms with Crippen molar-refractivity contribution in [3.63, 3.8) is 0 Å². The maximum absolute atomic E-state index is 12.1. The van der Waals surface area contributed by atoms with Gasteiger partial charge in [-0.2, -0.15) is 0 Å². The van der Waals surface area contributed by atoms with Crippen LogP contribution in [0, 0.1) is 5.92 Å². The third kappa shape index (κ3) is 6.44. The second kappa shape index (κ2) is 7.76. The highest BCUT2D eigenvalue weighted by Gasteiger charge is 2.18. The van der Waals surface area contributed by atoms with Crippen LogP contribution in [-0.4, -0.2) is 30.6 Å². The topological polar surface area (TPSA) is 51.2 Å². The van der Waals surface area contributed by atoms with Crippen LogP contribution in [0.1, 0.15) is 50.7 Å². The van der Waals surface area contributed by atoms with Gasteiger partial charge in [-0.3, -0.25) is 4.79 Å². The molecule has 0 saturated carbocycles. The second-order valence-electron chi connectivity index (χ2n) is 6.54. The van der Waals surface area contributed by atoms with Crippen LogP contribution < -0.4 is 5.32 Å². The molecule has 21 heavy (non-hydrogen) atoms. The van der Waals surface area contributed by atoms with Gasteiger partial charge in [0, 0.05) is 29.8 Å². The smallest absolute Gasteiger partial charge is 0.251 e. The molecule has 0 aliphatic heterocycles. The Hall–Kier alpha value is -1.13. The molecule has 0 fully saturated rings. The van der Waals surface area contributed by atoms with Crippen molar-refractivity contribution < 1.29 is 9.53 Å². The summed E-state index contributed by atoms with van der Waals surface area (Å²) >= 11 is 6.00. The summed E-state index contributed by atoms with van der Waals surface area (Å²) in [5, 5.41) is 3.16. The van der Waals surface area contributed by atoms with E-state index in [1.165, 1.54) is 0 Å². The highest BCUT2D eigenvalue weighted by molar-refractivity contribution is 6.29. The zero-order chi connectivity index (χ0) is 16.0. The van der Waals surface area contributed by atoms with Gasteiger partial charge in [-0.05, 0) is 18.1 Å². The quantitative estimate of drug-likeness (QED) is 0.646. The highest BCUT2D eigenvalue weighted by atomic mass is 35.5. The fourth-order valence-corrected chi connectivity index (χ4v) is 1.88. The Balaban J connectivity index is 2.60. The van der Waals surface area contributed by atoms with E-state index in [4.69, 9.17) is 16.3 Å². The number of nitrogens with zero attached hydrogens (tertiary/aromatic N) is 1. The summed E-state index contributed by atoms with van der Waals surface area (Å²) in [5.41, 5.74) is 1.18. The van der Waals surface area contributed by atoms with E-state index in [2.05, 4.69) is 24.1 Å². The van der Waals surface area contributed by atoms with E-state index in [0.717, 1.165) is 5.69 Å². The van der Waals surface area contributed by atoms with Gasteiger partial charge in [0.05, 0.1) is 6.61 Å². The summed E-state index contributed by atoms with van der Waals surface area (Å²) in [6, 6.07) is 3.37. The predicted molar refractivity (Wildman–Crippen MR) is 85.9 cm³/mol. The standard InChI is InChI=1S/C16H25ClN2O2/c1-11(2)10-21-7-6-18-15(20)12-8-13(16(3,4)5)19-14(17)9-12/h8-9,11H,6-7,10H2,1-5H3,(H,18,20). The molecule has 1 rings (SSSR count). The molecular weight excluding hydrogens is 288 g/mol. The number of nitrogens with one attached hydrogen (secondary N) is 1. The molecule has 0 radical (unpaired) electrons. The van der Waals surface area contributed by atoms with Crippen LogP contribution >= 0.6 is 11.6 Å². The Morgan fingerprint density at radius 3 is 2.62 bits per heavy atom. The molecule has 1 aromatic rings. The number of carbonyl (C=O) groups is 1. The highest BCUT2D eigenvalue weighted by Crippen LogP contribution is 2.23. The Morgan fingerprint density at radius 1 is 1.38 bits per heavy atom. The number of pyridine rings is 1. The fraction of sp³-hybridized carbons (Fsp3) is 0.625. The minimum atomic E-state index is -0.155. The Kier molecular flexibility index (Phi) is 6.62. The van der Waals surface area contributed by atoms with Crippen molar-refractivity contribution in [1.29, 1.82) is 0 Å². The van der Waals surface area contributed by atoms with E-state index in [1.807, 2.05) is 20.8 Å². The van der Waals surface area contributed by atoms with E-state index in [-0.39, 0.29) is 11.3 Å². The Morgan fingerprint density at radius 2 is 2.05 bits per heavy atom. The molecule has 0 aliphatic rings. The van der Waals surface area contributed by atoms with Crippen molar-refractivity contribution >= 4 is 17.5 Å². The molecule has 1 aromatic heterocycles. The number of halogens is 1. The van der Waals surface area contributed by atoms with Crippen molar-refractivity contribution in [2.45, 2.75) is 40.0 Å². The van der Waals surface area contributed by atoms with E-state index in [0.29, 0.717) is 36.4 Å². The number of aromatic nitrogens is 1. The maximum Gasteiger partial charge on any atom is 0.251 e. The second-order valence-corrected chi connectivity index (χ2v) is 6.93. The molecule has 0 bridgehead atoms. The summed E-state index contributed by atoms with van der Waals surface area (Å²) < 4.78 is 5.43. The molecule has 118 valence electrons. The van der Waals surface area contributed by atoms with Crippen LogP contribution in [0.15, 0.2) is 12.1 Å². The molecule has 1 heterocycles. The first kappa shape index (κ1) is 17.9. The number of hydrogen-bond acceptors (Lipinski definition) is 3. The number of amides is 1. The first-order valence-corrected chi connectivity index (χ1v) is 7.62. The van der Waals surface area contributed by atoms with E-state index < -0.39 is 0 Å². The van der Waals surface area contributed by atoms with Crippen LogP contribution in [-0.2, 0) is 10.2 Å². The van der Waals surface area contributed by atoms with Gasteiger partial charge in [0.25, 0.3) is 5.91 Å². The van der Waals surface area contributed by atoms with Gasteiger partial charge < -0.3 is 10.1 Å². The van der Waals surface area contributed by atoms with Gasteiger partial charge in [0.1, 0.15) is 5.15 Å². The van der Waals surface area contributed by atoms with Gasteiger partial charge >= 0.3 is 0 Å². The molecule has 1 amide bonds. The number of carbonyl (C=O) groups excluding carboxylic acids is 1. The molecule has 0 aromatic carbocycles. The van der Waals surface area contributed by atoms with Gasteiger partial charge in [-0.1, -0.05) is 46.2 Å². The SMILES string of the molecule is CC(C)COCCNC(=O)c1cc(Cl)nc(C(C)(C)C)c1. The average molecular weight is 313 g/mol. The molecule has 0 unspecified atom stereocenters. The summed E-state index contributed by atoms with van der Waals surface area (Å²) in [5.74, 6) is 0.340. The van der Waals surface area contributed by atoms with Gasteiger partial charge in [-0.15, -0.1) is 0 Å². The molecule has 5 heteroatoms. The van der Waals surface area contributed by atoms with Gasteiger partial charge in [-0.25, -0.2) is 4.98 Å². The average Bonchev–Trinajstić information content (AvgIpc) is 2.36. The van der Waals surface area contributed by atoms with Crippen molar-refractivity contribution in [2.24, 2.45) is 5.92 Å². The normalized spacial score (nSPS) is 11.8. The number of hydrogen-bond donors (Lipinski definition) is 1. The summed E-state index contributed by atoms with van der Waals surface area (Å²) in [6.07, 6.45) is 0. The van der Waals surface area contributed by atoms with E-state index >= 15 is 0 Å². The van der Waals surface area contributed by atoms with Crippen LogP contribution in [0.2, 0.25) is 5.15 Å². The molecular formula is C16H25ClN2O2. The summed E-state index contributed by atoms with van der Waals surface area (Å²) in [6.45, 7) is 12.0. The minimum Gasteiger partial charge on any atom is -0.379 e. The lowest BCUT2D eigenvalue weighted by atomic mass is 9.91. The lowest BCUT2D eigenvalue weighted by molar-refractivity contribution is 0.0886. The van der Waals surface area contributed by atoms with Crippen molar-refractivity contribution in [3.05, 3.63) is 28.5 Å². The number of rotatable bonds is 6. The minimum absolute atomic E-state index is 0.152. The van der Waals surface area contributed by atoms with Crippen molar-refractivity contribution in [2.75, 3.05) is 19.8 Å². The Bertz CT molecular complexity index is 482. The molecule has 0 spiro atoms. The zero-order valence-electron chi connectivity index (χ0n) is 13.5. The van der Waals surface area contributed by atoms with E-state index in [9.17, 15) is 4.79 Å². The van der Waals surface area contributed by atoms with Crippen LogP contribution in [0.4, 0.5) is 0 Å². The van der Waals surface area contributed by atoms with Crippen LogP contribution in [0.25, 0.3) is 0 Å². The predicted octanol–water partition coefficient (Wildman–Crippen LogP) is 3.43. The number of ether oxygens (including phenoxy) is 1. The third-order valence-corrected chi connectivity index (χ3v) is 3.00. The monoisotopic (exact) mass is 312 g/mol. The van der Waals surface area contributed by atoms with Gasteiger partial charge in [0.15, 0.2) is 0 Å².